The van der Waals surface area contributed by atoms with Gasteiger partial charge in [0.05, 0.1) is 35.0 Å². The van der Waals surface area contributed by atoms with Crippen molar-refractivity contribution in [1.82, 2.24) is 14.1 Å². The summed E-state index contributed by atoms with van der Waals surface area (Å²) in [5, 5.41) is 5.78. The highest BCUT2D eigenvalue weighted by Crippen LogP contribution is 2.39. The SMILES string of the molecule is Cn1c(=O)c2c(CC(=O)Nc3nc(-c4cc(Cl)c(OCC(C)(C)C)c(Cl)c4)cs3)coc2n(C)c1=O. The van der Waals surface area contributed by atoms with Gasteiger partial charge in [-0.25, -0.2) is 9.78 Å². The number of aromatic nitrogens is 3. The molecule has 1 amide bonds. The van der Waals surface area contributed by atoms with Crippen LogP contribution in [0.25, 0.3) is 22.4 Å². The van der Waals surface area contributed by atoms with E-state index in [1.54, 1.807) is 17.5 Å². The minimum absolute atomic E-state index is 0.0559. The second-order valence-electron chi connectivity index (χ2n) is 9.53. The molecule has 0 aliphatic heterocycles. The Morgan fingerprint density at radius 3 is 2.47 bits per heavy atom. The predicted molar refractivity (Wildman–Crippen MR) is 142 cm³/mol. The van der Waals surface area contributed by atoms with Gasteiger partial charge >= 0.3 is 5.69 Å². The highest BCUT2D eigenvalue weighted by Gasteiger charge is 2.20. The monoisotopic (exact) mass is 550 g/mol. The number of nitrogens with zero attached hydrogens (tertiary/aromatic N) is 3. The Morgan fingerprint density at radius 1 is 1.17 bits per heavy atom. The Balaban J connectivity index is 1.51. The summed E-state index contributed by atoms with van der Waals surface area (Å²) >= 11 is 14.1. The maximum atomic E-state index is 12.7. The molecule has 0 aliphatic rings. The molecule has 1 N–H and O–H groups in total. The standard InChI is InChI=1S/C24H24Cl2N4O5S/c1-24(2,3)11-35-19-14(25)6-12(7-15(19)26)16-10-36-22(27-16)28-17(31)8-13-9-34-21-18(13)20(32)29(4)23(33)30(21)5/h6-7,9-10H,8,11H2,1-5H3,(H,27,28,31). The quantitative estimate of drug-likeness (QED) is 0.367. The molecule has 9 nitrogen and oxygen atoms in total. The van der Waals surface area contributed by atoms with E-state index in [0.717, 1.165) is 4.57 Å². The first-order valence-electron chi connectivity index (χ1n) is 10.9. The van der Waals surface area contributed by atoms with E-state index in [-0.39, 0.29) is 22.9 Å². The van der Waals surface area contributed by atoms with Crippen LogP contribution >= 0.6 is 34.5 Å². The van der Waals surface area contributed by atoms with Gasteiger partial charge in [-0.1, -0.05) is 44.0 Å². The van der Waals surface area contributed by atoms with Crippen LogP contribution in [0.2, 0.25) is 10.0 Å². The van der Waals surface area contributed by atoms with Crippen molar-refractivity contribution in [2.45, 2.75) is 27.2 Å². The van der Waals surface area contributed by atoms with Gasteiger partial charge < -0.3 is 14.5 Å². The molecule has 4 rings (SSSR count). The molecule has 0 saturated heterocycles. The number of hydrogen-bond donors (Lipinski definition) is 1. The average Bonchev–Trinajstić information content (AvgIpc) is 3.42. The highest BCUT2D eigenvalue weighted by molar-refractivity contribution is 7.14. The fraction of sp³-hybridized carbons (Fsp3) is 0.333. The Morgan fingerprint density at radius 2 is 1.83 bits per heavy atom. The maximum Gasteiger partial charge on any atom is 0.333 e. The zero-order chi connectivity index (χ0) is 26.4. The topological polar surface area (TPSA) is 108 Å². The van der Waals surface area contributed by atoms with Crippen molar-refractivity contribution in [3.8, 4) is 17.0 Å². The lowest BCUT2D eigenvalue weighted by molar-refractivity contribution is -0.115. The summed E-state index contributed by atoms with van der Waals surface area (Å²) in [6.07, 6.45) is 1.18. The number of aryl methyl sites for hydroxylation is 1. The Bertz CT molecular complexity index is 1570. The number of furan rings is 1. The average molecular weight is 551 g/mol. The molecule has 3 heterocycles. The van der Waals surface area contributed by atoms with Crippen molar-refractivity contribution < 1.29 is 13.9 Å². The van der Waals surface area contributed by atoms with Crippen LogP contribution in [-0.4, -0.2) is 26.6 Å². The third-order valence-corrected chi connectivity index (χ3v) is 6.61. The van der Waals surface area contributed by atoms with Gasteiger partial charge in [-0.05, 0) is 17.5 Å². The van der Waals surface area contributed by atoms with Gasteiger partial charge in [0.2, 0.25) is 11.6 Å². The lowest BCUT2D eigenvalue weighted by Crippen LogP contribution is -2.36. The van der Waals surface area contributed by atoms with Crippen molar-refractivity contribution in [1.29, 1.82) is 0 Å². The number of benzene rings is 1. The summed E-state index contributed by atoms with van der Waals surface area (Å²) in [5.41, 5.74) is 0.659. The van der Waals surface area contributed by atoms with Crippen molar-refractivity contribution >= 4 is 56.7 Å². The Kier molecular flexibility index (Phi) is 7.05. The number of hydrogen-bond acceptors (Lipinski definition) is 7. The first-order chi connectivity index (χ1) is 16.9. The molecule has 190 valence electrons. The highest BCUT2D eigenvalue weighted by atomic mass is 35.5. The van der Waals surface area contributed by atoms with E-state index in [9.17, 15) is 14.4 Å². The molecule has 0 fully saturated rings. The molecule has 4 aromatic rings. The van der Waals surface area contributed by atoms with Crippen LogP contribution in [0.1, 0.15) is 26.3 Å². The zero-order valence-corrected chi connectivity index (χ0v) is 22.6. The largest absolute Gasteiger partial charge is 0.490 e. The summed E-state index contributed by atoms with van der Waals surface area (Å²) in [4.78, 5) is 41.8. The molecule has 12 heteroatoms. The van der Waals surface area contributed by atoms with Crippen molar-refractivity contribution in [3.05, 3.63) is 60.2 Å². The van der Waals surface area contributed by atoms with Gasteiger partial charge in [-0.15, -0.1) is 11.3 Å². The van der Waals surface area contributed by atoms with Crippen LogP contribution in [-0.2, 0) is 25.3 Å². The summed E-state index contributed by atoms with van der Waals surface area (Å²) in [5.74, 6) is 0.0215. The number of fused-ring (bicyclic) bond motifs is 1. The van der Waals surface area contributed by atoms with Crippen molar-refractivity contribution in [3.63, 3.8) is 0 Å². The molecular weight excluding hydrogens is 527 g/mol. The third kappa shape index (κ3) is 5.21. The van der Waals surface area contributed by atoms with Crippen molar-refractivity contribution in [2.75, 3.05) is 11.9 Å². The van der Waals surface area contributed by atoms with Gasteiger partial charge in [0.15, 0.2) is 10.9 Å². The number of thiazole rings is 1. The van der Waals surface area contributed by atoms with Crippen molar-refractivity contribution in [2.24, 2.45) is 19.5 Å². The van der Waals surface area contributed by atoms with Crippen LogP contribution in [0.15, 0.2) is 37.8 Å². The molecule has 0 spiro atoms. The first kappa shape index (κ1) is 26.0. The number of ether oxygens (including phenoxy) is 1. The van der Waals surface area contributed by atoms with E-state index in [2.05, 4.69) is 10.3 Å². The van der Waals surface area contributed by atoms with Gasteiger partial charge in [0.1, 0.15) is 5.39 Å². The first-order valence-corrected chi connectivity index (χ1v) is 12.5. The van der Waals surface area contributed by atoms with Crippen LogP contribution in [0.3, 0.4) is 0 Å². The van der Waals surface area contributed by atoms with Crippen LogP contribution in [0, 0.1) is 5.41 Å². The number of amides is 1. The zero-order valence-electron chi connectivity index (χ0n) is 20.3. The Hall–Kier alpha value is -3.08. The van der Waals surface area contributed by atoms with Crippen LogP contribution in [0.5, 0.6) is 5.75 Å². The van der Waals surface area contributed by atoms with E-state index in [4.69, 9.17) is 32.4 Å². The molecule has 0 bridgehead atoms. The summed E-state index contributed by atoms with van der Waals surface area (Å²) in [6.45, 7) is 6.59. The molecule has 3 aromatic heterocycles. The smallest absolute Gasteiger partial charge is 0.333 e. The lowest BCUT2D eigenvalue weighted by Gasteiger charge is -2.20. The molecule has 0 unspecified atom stereocenters. The van der Waals surface area contributed by atoms with E-state index in [1.165, 1.54) is 36.3 Å². The van der Waals surface area contributed by atoms with Crippen LogP contribution in [0.4, 0.5) is 5.13 Å². The van der Waals surface area contributed by atoms with Gasteiger partial charge in [0, 0.05) is 30.6 Å². The van der Waals surface area contributed by atoms with Crippen LogP contribution < -0.4 is 21.3 Å². The van der Waals surface area contributed by atoms with E-state index < -0.39 is 17.2 Å². The van der Waals surface area contributed by atoms with Gasteiger partial charge in [-0.3, -0.25) is 18.7 Å². The second kappa shape index (κ2) is 9.76. The molecule has 1 aromatic carbocycles. The molecule has 0 aliphatic carbocycles. The number of carbonyl (C=O) groups is 1. The summed E-state index contributed by atoms with van der Waals surface area (Å²) in [6, 6.07) is 3.42. The van der Waals surface area contributed by atoms with E-state index >= 15 is 0 Å². The van der Waals surface area contributed by atoms with Gasteiger partial charge in [-0.2, -0.15) is 0 Å². The normalized spacial score (nSPS) is 11.8. The number of nitrogens with one attached hydrogen (secondary N) is 1. The minimum atomic E-state index is -0.523. The predicted octanol–water partition coefficient (Wildman–Crippen LogP) is 4.87. The summed E-state index contributed by atoms with van der Waals surface area (Å²) < 4.78 is 13.4. The fourth-order valence-electron chi connectivity index (χ4n) is 3.49. The number of halogens is 2. The number of anilines is 1. The molecule has 36 heavy (non-hydrogen) atoms. The molecule has 0 atom stereocenters. The van der Waals surface area contributed by atoms with E-state index in [1.807, 2.05) is 20.8 Å². The number of rotatable bonds is 6. The van der Waals surface area contributed by atoms with Gasteiger partial charge in [0.25, 0.3) is 5.56 Å². The van der Waals surface area contributed by atoms with E-state index in [0.29, 0.717) is 44.4 Å². The Labute approximate surface area is 220 Å². The maximum absolute atomic E-state index is 12.7. The second-order valence-corrected chi connectivity index (χ2v) is 11.2. The number of carbonyl (C=O) groups excluding carboxylic acids is 1. The minimum Gasteiger partial charge on any atom is -0.490 e. The molecular formula is C24H24Cl2N4O5S. The lowest BCUT2D eigenvalue weighted by atomic mass is 9.99. The third-order valence-electron chi connectivity index (χ3n) is 5.29. The molecule has 0 radical (unpaired) electrons. The summed E-state index contributed by atoms with van der Waals surface area (Å²) in [7, 11) is 2.87. The fourth-order valence-corrected chi connectivity index (χ4v) is 4.82. The molecule has 0 saturated carbocycles.